The molecule has 2 aromatic rings. The van der Waals surface area contributed by atoms with Gasteiger partial charge in [-0.25, -0.2) is 0 Å². The lowest BCUT2D eigenvalue weighted by Crippen LogP contribution is -2.68. The number of pyridine rings is 1. The molecule has 0 spiro atoms. The second-order valence-electron chi connectivity index (χ2n) is 6.52. The fourth-order valence-electron chi connectivity index (χ4n) is 3.68. The third-order valence-electron chi connectivity index (χ3n) is 4.87. The van der Waals surface area contributed by atoms with Crippen LogP contribution in [-0.2, 0) is 16.0 Å². The van der Waals surface area contributed by atoms with Crippen molar-refractivity contribution in [3.05, 3.63) is 66.0 Å². The topological polar surface area (TPSA) is 82.5 Å². The van der Waals surface area contributed by atoms with Gasteiger partial charge in [0.15, 0.2) is 0 Å². The van der Waals surface area contributed by atoms with Gasteiger partial charge in [-0.3, -0.25) is 14.6 Å². The van der Waals surface area contributed by atoms with E-state index in [-0.39, 0.29) is 42.8 Å². The van der Waals surface area contributed by atoms with Gasteiger partial charge in [0, 0.05) is 31.8 Å². The lowest BCUT2D eigenvalue weighted by Gasteiger charge is -2.55. The van der Waals surface area contributed by atoms with Crippen molar-refractivity contribution in [2.45, 2.75) is 31.3 Å². The van der Waals surface area contributed by atoms with Gasteiger partial charge in [0.2, 0.25) is 11.8 Å². The van der Waals surface area contributed by atoms with Crippen LogP contribution in [0.3, 0.4) is 0 Å². The molecule has 2 amide bonds. The summed E-state index contributed by atoms with van der Waals surface area (Å²) in [6.45, 7) is 1.72. The van der Waals surface area contributed by atoms with Crippen LogP contribution in [0.25, 0.3) is 0 Å². The molecule has 0 aliphatic carbocycles. The van der Waals surface area contributed by atoms with Crippen LogP contribution in [0.2, 0.25) is 0 Å². The van der Waals surface area contributed by atoms with Gasteiger partial charge in [0.25, 0.3) is 0 Å². The molecule has 0 radical (unpaired) electrons. The van der Waals surface area contributed by atoms with Gasteiger partial charge >= 0.3 is 0 Å². The van der Waals surface area contributed by atoms with E-state index in [0.717, 1.165) is 11.1 Å². The van der Waals surface area contributed by atoms with Crippen molar-refractivity contribution >= 4 is 11.8 Å². The summed E-state index contributed by atoms with van der Waals surface area (Å²) in [5.74, 6) is -0.196. The first-order valence-corrected chi connectivity index (χ1v) is 8.72. The molecule has 0 unspecified atom stereocenters. The highest BCUT2D eigenvalue weighted by atomic mass is 16.3. The monoisotopic (exact) mass is 353 g/mol. The second kappa shape index (κ2) is 8.10. The number of aliphatic hydroxyl groups excluding tert-OH is 1. The highest BCUT2D eigenvalue weighted by Gasteiger charge is 2.50. The first kappa shape index (κ1) is 18.1. The van der Waals surface area contributed by atoms with E-state index < -0.39 is 0 Å². The molecule has 136 valence electrons. The smallest absolute Gasteiger partial charge is 0.227 e. The van der Waals surface area contributed by atoms with E-state index in [1.807, 2.05) is 42.5 Å². The number of carbonyl (C=O) groups is 2. The van der Waals surface area contributed by atoms with Crippen molar-refractivity contribution in [1.29, 1.82) is 0 Å². The maximum Gasteiger partial charge on any atom is 0.227 e. The normalized spacial score (nSPS) is 21.8. The minimum absolute atomic E-state index is 0.00515. The van der Waals surface area contributed by atoms with Crippen molar-refractivity contribution in [2.75, 3.05) is 13.2 Å². The zero-order chi connectivity index (χ0) is 18.5. The zero-order valence-electron chi connectivity index (χ0n) is 14.7. The van der Waals surface area contributed by atoms with Crippen molar-refractivity contribution in [3.63, 3.8) is 0 Å². The van der Waals surface area contributed by atoms with Crippen molar-refractivity contribution in [3.8, 4) is 0 Å². The van der Waals surface area contributed by atoms with E-state index >= 15 is 0 Å². The predicted octanol–water partition coefficient (Wildman–Crippen LogP) is 1.12. The number of carbonyl (C=O) groups excluding carboxylic acids is 2. The van der Waals surface area contributed by atoms with Crippen molar-refractivity contribution in [2.24, 2.45) is 0 Å². The Kier molecular flexibility index (Phi) is 5.63. The summed E-state index contributed by atoms with van der Waals surface area (Å²) < 4.78 is 0. The lowest BCUT2D eigenvalue weighted by molar-refractivity contribution is -0.150. The molecule has 1 aromatic carbocycles. The molecule has 3 rings (SSSR count). The summed E-state index contributed by atoms with van der Waals surface area (Å²) >= 11 is 0. The Morgan fingerprint density at radius 3 is 2.42 bits per heavy atom. The summed E-state index contributed by atoms with van der Waals surface area (Å²) in [7, 11) is 0. The van der Waals surface area contributed by atoms with E-state index in [1.165, 1.54) is 6.92 Å². The van der Waals surface area contributed by atoms with Gasteiger partial charge in [-0.15, -0.1) is 0 Å². The van der Waals surface area contributed by atoms with Crippen LogP contribution in [0, 0.1) is 0 Å². The highest BCUT2D eigenvalue weighted by molar-refractivity contribution is 5.81. The summed E-state index contributed by atoms with van der Waals surface area (Å²) in [5, 5.41) is 12.7. The fraction of sp³-hybridized carbons (Fsp3) is 0.350. The Morgan fingerprint density at radius 2 is 1.81 bits per heavy atom. The number of likely N-dealkylation sites (tertiary alicyclic amines) is 1. The summed E-state index contributed by atoms with van der Waals surface area (Å²) in [4.78, 5) is 29.9. The van der Waals surface area contributed by atoms with E-state index in [9.17, 15) is 14.7 Å². The SMILES string of the molecule is CC(=O)NC[C@@H]1[C@H](c2ccccc2)[C@H](CO)N1C(=O)Cc1ccncc1. The molecule has 26 heavy (non-hydrogen) atoms. The summed E-state index contributed by atoms with van der Waals surface area (Å²) in [6, 6.07) is 13.0. The van der Waals surface area contributed by atoms with Gasteiger partial charge in [-0.2, -0.15) is 0 Å². The Morgan fingerprint density at radius 1 is 1.12 bits per heavy atom. The molecule has 3 atom stereocenters. The zero-order valence-corrected chi connectivity index (χ0v) is 14.7. The van der Waals surface area contributed by atoms with E-state index in [1.54, 1.807) is 17.3 Å². The van der Waals surface area contributed by atoms with Crippen LogP contribution in [0.4, 0.5) is 0 Å². The third-order valence-corrected chi connectivity index (χ3v) is 4.87. The van der Waals surface area contributed by atoms with Crippen LogP contribution in [0.1, 0.15) is 24.0 Å². The molecule has 1 aliphatic rings. The van der Waals surface area contributed by atoms with Crippen LogP contribution in [0.5, 0.6) is 0 Å². The Bertz CT molecular complexity index is 751. The third kappa shape index (κ3) is 3.75. The number of aromatic nitrogens is 1. The van der Waals surface area contributed by atoms with E-state index in [2.05, 4.69) is 10.3 Å². The van der Waals surface area contributed by atoms with Crippen molar-refractivity contribution < 1.29 is 14.7 Å². The number of hydrogen-bond acceptors (Lipinski definition) is 4. The molecule has 1 fully saturated rings. The molecule has 6 heteroatoms. The molecular formula is C20H23N3O3. The first-order chi connectivity index (χ1) is 12.6. The van der Waals surface area contributed by atoms with E-state index in [4.69, 9.17) is 0 Å². The maximum atomic E-state index is 12.9. The quantitative estimate of drug-likeness (QED) is 0.815. The number of amides is 2. The number of rotatable bonds is 6. The molecule has 1 aliphatic heterocycles. The summed E-state index contributed by atoms with van der Waals surface area (Å²) in [6.07, 6.45) is 3.56. The minimum atomic E-state index is -0.287. The second-order valence-corrected chi connectivity index (χ2v) is 6.52. The average molecular weight is 353 g/mol. The Labute approximate surface area is 152 Å². The molecular weight excluding hydrogens is 330 g/mol. The number of benzene rings is 1. The number of nitrogens with one attached hydrogen (secondary N) is 1. The molecule has 1 aromatic heterocycles. The standard InChI is InChI=1S/C20H23N3O3/c1-14(25)22-12-17-20(16-5-3-2-4-6-16)18(13-24)23(17)19(26)11-15-7-9-21-10-8-15/h2-10,17-18,20,24H,11-13H2,1H3,(H,22,25)/t17-,18+,20+/m1/s1. The predicted molar refractivity (Wildman–Crippen MR) is 97.3 cm³/mol. The number of nitrogens with zero attached hydrogens (tertiary/aromatic N) is 2. The van der Waals surface area contributed by atoms with Gasteiger partial charge in [0.1, 0.15) is 0 Å². The van der Waals surface area contributed by atoms with Gasteiger partial charge in [-0.05, 0) is 23.3 Å². The highest BCUT2D eigenvalue weighted by Crippen LogP contribution is 2.40. The molecule has 6 nitrogen and oxygen atoms in total. The molecule has 2 N–H and O–H groups in total. The van der Waals surface area contributed by atoms with Gasteiger partial charge in [-0.1, -0.05) is 30.3 Å². The number of hydrogen-bond donors (Lipinski definition) is 2. The lowest BCUT2D eigenvalue weighted by atomic mass is 9.74. The largest absolute Gasteiger partial charge is 0.394 e. The fourth-order valence-corrected chi connectivity index (χ4v) is 3.68. The van der Waals surface area contributed by atoms with E-state index in [0.29, 0.717) is 6.54 Å². The van der Waals surface area contributed by atoms with Crippen LogP contribution in [-0.4, -0.2) is 52.0 Å². The molecule has 1 saturated heterocycles. The molecule has 0 bridgehead atoms. The maximum absolute atomic E-state index is 12.9. The molecule has 2 heterocycles. The number of aliphatic hydroxyl groups is 1. The Hall–Kier alpha value is -2.73. The first-order valence-electron chi connectivity index (χ1n) is 8.72. The Balaban J connectivity index is 1.81. The van der Waals surface area contributed by atoms with Crippen LogP contribution in [0.15, 0.2) is 54.9 Å². The minimum Gasteiger partial charge on any atom is -0.394 e. The van der Waals surface area contributed by atoms with Crippen molar-refractivity contribution in [1.82, 2.24) is 15.2 Å². The summed E-state index contributed by atoms with van der Waals surface area (Å²) in [5.41, 5.74) is 1.94. The van der Waals surface area contributed by atoms with Gasteiger partial charge in [0.05, 0.1) is 25.1 Å². The average Bonchev–Trinajstić information content (AvgIpc) is 2.62. The van der Waals surface area contributed by atoms with Crippen LogP contribution >= 0.6 is 0 Å². The van der Waals surface area contributed by atoms with Crippen LogP contribution < -0.4 is 5.32 Å². The molecule has 0 saturated carbocycles. The van der Waals surface area contributed by atoms with Gasteiger partial charge < -0.3 is 15.3 Å².